The maximum absolute atomic E-state index is 11.9. The van der Waals surface area contributed by atoms with E-state index >= 15 is 0 Å². The van der Waals surface area contributed by atoms with Crippen LogP contribution in [0.5, 0.6) is 0 Å². The number of hydrogen-bond acceptors (Lipinski definition) is 3. The fraction of sp³-hybridized carbons (Fsp3) is 0.933. The summed E-state index contributed by atoms with van der Waals surface area (Å²) < 4.78 is 5.35. The van der Waals surface area contributed by atoms with Crippen molar-refractivity contribution in [1.29, 1.82) is 0 Å². The molecule has 1 amide bonds. The summed E-state index contributed by atoms with van der Waals surface area (Å²) in [5.74, 6) is 1.04. The molecule has 112 valence electrons. The Morgan fingerprint density at radius 1 is 1.21 bits per heavy atom. The van der Waals surface area contributed by atoms with Crippen molar-refractivity contribution >= 4 is 5.91 Å². The third-order valence-corrected chi connectivity index (χ3v) is 3.98. The highest BCUT2D eigenvalue weighted by atomic mass is 16.5. The Balaban J connectivity index is 2.03. The number of carbonyl (C=O) groups excluding carboxylic acids is 1. The number of amides is 1. The van der Waals surface area contributed by atoms with E-state index in [1.807, 2.05) is 11.9 Å². The Labute approximate surface area is 117 Å². The third-order valence-electron chi connectivity index (χ3n) is 3.98. The first kappa shape index (κ1) is 16.4. The standard InChI is InChI=1S/C15H30N2O2/c1-17(11-7-14-8-12-19-13-9-14)15(18)6-4-2-3-5-10-16/h14H,2-13,16H2,1H3. The van der Waals surface area contributed by atoms with Crippen molar-refractivity contribution in [3.8, 4) is 0 Å². The van der Waals surface area contributed by atoms with E-state index in [-0.39, 0.29) is 0 Å². The molecule has 2 N–H and O–H groups in total. The molecular formula is C15H30N2O2. The van der Waals surface area contributed by atoms with Gasteiger partial charge in [0, 0.05) is 33.2 Å². The first-order chi connectivity index (χ1) is 9.24. The minimum atomic E-state index is 0.291. The predicted octanol–water partition coefficient (Wildman–Crippen LogP) is 2.17. The molecule has 0 unspecified atom stereocenters. The highest BCUT2D eigenvalue weighted by Gasteiger charge is 2.15. The summed E-state index contributed by atoms with van der Waals surface area (Å²) in [6, 6.07) is 0. The lowest BCUT2D eigenvalue weighted by Crippen LogP contribution is -2.29. The van der Waals surface area contributed by atoms with Crippen LogP contribution in [0.15, 0.2) is 0 Å². The van der Waals surface area contributed by atoms with Gasteiger partial charge in [0.05, 0.1) is 0 Å². The lowest BCUT2D eigenvalue weighted by Gasteiger charge is -2.25. The van der Waals surface area contributed by atoms with E-state index in [4.69, 9.17) is 10.5 Å². The van der Waals surface area contributed by atoms with Gasteiger partial charge in [-0.1, -0.05) is 12.8 Å². The molecule has 1 aliphatic rings. The highest BCUT2D eigenvalue weighted by molar-refractivity contribution is 5.75. The Hall–Kier alpha value is -0.610. The monoisotopic (exact) mass is 270 g/mol. The molecule has 0 aromatic carbocycles. The highest BCUT2D eigenvalue weighted by Crippen LogP contribution is 2.18. The molecule has 0 aromatic heterocycles. The zero-order chi connectivity index (χ0) is 13.9. The maximum Gasteiger partial charge on any atom is 0.222 e. The quantitative estimate of drug-likeness (QED) is 0.653. The smallest absolute Gasteiger partial charge is 0.222 e. The Morgan fingerprint density at radius 3 is 2.58 bits per heavy atom. The summed E-state index contributed by atoms with van der Waals surface area (Å²) in [6.45, 7) is 3.44. The molecule has 4 heteroatoms. The minimum absolute atomic E-state index is 0.291. The number of unbranched alkanes of at least 4 members (excludes halogenated alkanes) is 3. The molecule has 1 aliphatic heterocycles. The van der Waals surface area contributed by atoms with Gasteiger partial charge in [-0.3, -0.25) is 4.79 Å². The van der Waals surface area contributed by atoms with Crippen LogP contribution in [0.4, 0.5) is 0 Å². The minimum Gasteiger partial charge on any atom is -0.381 e. The van der Waals surface area contributed by atoms with Crippen molar-refractivity contribution in [2.45, 2.75) is 51.4 Å². The molecular weight excluding hydrogens is 240 g/mol. The summed E-state index contributed by atoms with van der Waals surface area (Å²) in [5, 5.41) is 0. The molecule has 1 saturated heterocycles. The van der Waals surface area contributed by atoms with Crippen molar-refractivity contribution in [3.05, 3.63) is 0 Å². The van der Waals surface area contributed by atoms with Crippen molar-refractivity contribution in [2.24, 2.45) is 11.7 Å². The van der Waals surface area contributed by atoms with Gasteiger partial charge in [-0.25, -0.2) is 0 Å². The molecule has 0 atom stereocenters. The summed E-state index contributed by atoms with van der Waals surface area (Å²) >= 11 is 0. The second kappa shape index (κ2) is 10.2. The summed E-state index contributed by atoms with van der Waals surface area (Å²) in [7, 11) is 1.93. The van der Waals surface area contributed by atoms with E-state index in [0.29, 0.717) is 12.3 Å². The predicted molar refractivity (Wildman–Crippen MR) is 77.9 cm³/mol. The zero-order valence-corrected chi connectivity index (χ0v) is 12.4. The van der Waals surface area contributed by atoms with E-state index in [2.05, 4.69) is 0 Å². The average Bonchev–Trinajstić information content (AvgIpc) is 2.45. The van der Waals surface area contributed by atoms with Crippen LogP contribution in [0.3, 0.4) is 0 Å². The second-order valence-corrected chi connectivity index (χ2v) is 5.61. The normalized spacial score (nSPS) is 16.5. The number of hydrogen-bond donors (Lipinski definition) is 1. The van der Waals surface area contributed by atoms with Gasteiger partial charge in [-0.05, 0) is 44.6 Å². The van der Waals surface area contributed by atoms with Gasteiger partial charge < -0.3 is 15.4 Å². The van der Waals surface area contributed by atoms with Gasteiger partial charge in [0.25, 0.3) is 0 Å². The van der Waals surface area contributed by atoms with Gasteiger partial charge in [0.1, 0.15) is 0 Å². The van der Waals surface area contributed by atoms with E-state index in [1.54, 1.807) is 0 Å². The molecule has 19 heavy (non-hydrogen) atoms. The van der Waals surface area contributed by atoms with Crippen molar-refractivity contribution in [1.82, 2.24) is 4.90 Å². The van der Waals surface area contributed by atoms with Gasteiger partial charge in [-0.15, -0.1) is 0 Å². The van der Waals surface area contributed by atoms with Gasteiger partial charge in [0.2, 0.25) is 5.91 Å². The van der Waals surface area contributed by atoms with Gasteiger partial charge in [-0.2, -0.15) is 0 Å². The van der Waals surface area contributed by atoms with E-state index in [1.165, 1.54) is 0 Å². The summed E-state index contributed by atoms with van der Waals surface area (Å²) in [6.07, 6.45) is 8.47. The molecule has 0 spiro atoms. The van der Waals surface area contributed by atoms with Crippen LogP contribution in [-0.4, -0.2) is 44.2 Å². The van der Waals surface area contributed by atoms with Crippen molar-refractivity contribution in [2.75, 3.05) is 33.4 Å². The van der Waals surface area contributed by atoms with Crippen LogP contribution in [0.25, 0.3) is 0 Å². The SMILES string of the molecule is CN(CCC1CCOCC1)C(=O)CCCCCCN. The van der Waals surface area contributed by atoms with Crippen LogP contribution in [0, 0.1) is 5.92 Å². The molecule has 0 bridgehead atoms. The summed E-state index contributed by atoms with van der Waals surface area (Å²) in [5.41, 5.74) is 5.45. The fourth-order valence-corrected chi connectivity index (χ4v) is 2.50. The van der Waals surface area contributed by atoms with Crippen LogP contribution >= 0.6 is 0 Å². The number of ether oxygens (including phenoxy) is 1. The summed E-state index contributed by atoms with van der Waals surface area (Å²) in [4.78, 5) is 13.8. The maximum atomic E-state index is 11.9. The number of nitrogens with two attached hydrogens (primary N) is 1. The largest absolute Gasteiger partial charge is 0.381 e. The Morgan fingerprint density at radius 2 is 1.89 bits per heavy atom. The lowest BCUT2D eigenvalue weighted by molar-refractivity contribution is -0.130. The molecule has 0 aliphatic carbocycles. The van der Waals surface area contributed by atoms with Gasteiger partial charge >= 0.3 is 0 Å². The average molecular weight is 270 g/mol. The zero-order valence-electron chi connectivity index (χ0n) is 12.4. The van der Waals surface area contributed by atoms with Crippen LogP contribution in [-0.2, 0) is 9.53 Å². The Bertz CT molecular complexity index is 240. The third kappa shape index (κ3) is 7.53. The van der Waals surface area contributed by atoms with E-state index < -0.39 is 0 Å². The second-order valence-electron chi connectivity index (χ2n) is 5.61. The molecule has 0 radical (unpaired) electrons. The van der Waals surface area contributed by atoms with Gasteiger partial charge in [0.15, 0.2) is 0 Å². The first-order valence-corrected chi connectivity index (χ1v) is 7.76. The molecule has 4 nitrogen and oxygen atoms in total. The fourth-order valence-electron chi connectivity index (χ4n) is 2.50. The van der Waals surface area contributed by atoms with Crippen molar-refractivity contribution in [3.63, 3.8) is 0 Å². The van der Waals surface area contributed by atoms with Crippen molar-refractivity contribution < 1.29 is 9.53 Å². The van der Waals surface area contributed by atoms with Crippen LogP contribution < -0.4 is 5.73 Å². The number of carbonyl (C=O) groups is 1. The van der Waals surface area contributed by atoms with E-state index in [9.17, 15) is 4.79 Å². The number of rotatable bonds is 9. The molecule has 0 aromatic rings. The Kier molecular flexibility index (Phi) is 8.84. The lowest BCUT2D eigenvalue weighted by atomic mass is 9.96. The molecule has 0 saturated carbocycles. The van der Waals surface area contributed by atoms with E-state index in [0.717, 1.165) is 77.2 Å². The molecule has 1 rings (SSSR count). The first-order valence-electron chi connectivity index (χ1n) is 7.76. The number of nitrogens with zero attached hydrogens (tertiary/aromatic N) is 1. The molecule has 1 heterocycles. The molecule has 1 fully saturated rings. The van der Waals surface area contributed by atoms with Crippen LogP contribution in [0.2, 0.25) is 0 Å². The topological polar surface area (TPSA) is 55.6 Å². The van der Waals surface area contributed by atoms with Crippen LogP contribution in [0.1, 0.15) is 51.4 Å².